The lowest BCUT2D eigenvalue weighted by atomic mass is 9.94. The molecule has 0 radical (unpaired) electrons. The van der Waals surface area contributed by atoms with Crippen LogP contribution < -0.4 is 10.6 Å². The van der Waals surface area contributed by atoms with Crippen LogP contribution in [0.1, 0.15) is 38.3 Å². The highest BCUT2D eigenvalue weighted by molar-refractivity contribution is 5.95. The maximum atomic E-state index is 13.1. The van der Waals surface area contributed by atoms with Crippen LogP contribution in [-0.4, -0.2) is 18.6 Å². The lowest BCUT2D eigenvalue weighted by Gasteiger charge is -2.29. The number of ether oxygens (including phenoxy) is 1. The minimum absolute atomic E-state index is 0.242. The predicted octanol–water partition coefficient (Wildman–Crippen LogP) is 2.80. The van der Waals surface area contributed by atoms with Crippen LogP contribution in [-0.2, 0) is 9.53 Å². The summed E-state index contributed by atoms with van der Waals surface area (Å²) < 4.78 is 18.2. The smallest absolute Gasteiger partial charge is 0.338 e. The number of nitrogens with one attached hydrogen (secondary N) is 2. The molecule has 1 atom stereocenters. The molecule has 0 spiro atoms. The van der Waals surface area contributed by atoms with Gasteiger partial charge in [0.25, 0.3) is 0 Å². The number of allylic oxidation sites excluding steroid dienone is 1. The van der Waals surface area contributed by atoms with E-state index in [1.807, 2.05) is 6.92 Å². The van der Waals surface area contributed by atoms with Gasteiger partial charge >= 0.3 is 12.0 Å². The van der Waals surface area contributed by atoms with E-state index in [-0.39, 0.29) is 18.5 Å². The van der Waals surface area contributed by atoms with Gasteiger partial charge in [-0.05, 0) is 31.0 Å². The quantitative estimate of drug-likeness (QED) is 0.822. The van der Waals surface area contributed by atoms with Crippen LogP contribution in [0, 0.1) is 5.82 Å². The van der Waals surface area contributed by atoms with Crippen LogP contribution in [0.25, 0.3) is 0 Å². The van der Waals surface area contributed by atoms with Gasteiger partial charge in [0.1, 0.15) is 5.82 Å². The third kappa shape index (κ3) is 3.44. The maximum Gasteiger partial charge on any atom is 0.338 e. The molecule has 2 amide bonds. The topological polar surface area (TPSA) is 67.4 Å². The molecule has 6 heteroatoms. The molecule has 5 nitrogen and oxygen atoms in total. The van der Waals surface area contributed by atoms with Gasteiger partial charge in [-0.3, -0.25) is 0 Å². The normalized spacial score (nSPS) is 17.8. The van der Waals surface area contributed by atoms with Gasteiger partial charge in [-0.15, -0.1) is 0 Å². The summed E-state index contributed by atoms with van der Waals surface area (Å²) in [4.78, 5) is 24.1. The summed E-state index contributed by atoms with van der Waals surface area (Å²) in [6.45, 7) is 3.92. The van der Waals surface area contributed by atoms with E-state index >= 15 is 0 Å². The van der Waals surface area contributed by atoms with Gasteiger partial charge in [-0.2, -0.15) is 0 Å². The summed E-state index contributed by atoms with van der Waals surface area (Å²) in [5, 5.41) is 5.37. The number of benzene rings is 1. The Morgan fingerprint density at radius 3 is 2.55 bits per heavy atom. The van der Waals surface area contributed by atoms with Crippen molar-refractivity contribution in [3.8, 4) is 0 Å². The molecule has 0 aromatic heterocycles. The van der Waals surface area contributed by atoms with Crippen molar-refractivity contribution in [1.82, 2.24) is 10.6 Å². The van der Waals surface area contributed by atoms with Gasteiger partial charge in [-0.25, -0.2) is 14.0 Å². The molecule has 2 rings (SSSR count). The van der Waals surface area contributed by atoms with Crippen molar-refractivity contribution >= 4 is 12.0 Å². The highest BCUT2D eigenvalue weighted by Crippen LogP contribution is 2.29. The van der Waals surface area contributed by atoms with Crippen molar-refractivity contribution in [1.29, 1.82) is 0 Å². The summed E-state index contributed by atoms with van der Waals surface area (Å²) in [6, 6.07) is 4.67. The SMILES string of the molecule is CCCC1=C(C(=O)OCC)C(c2ccc(F)cc2)NC(=O)N1. The molecule has 0 saturated heterocycles. The third-order valence-electron chi connectivity index (χ3n) is 3.35. The first-order chi connectivity index (χ1) is 10.6. The van der Waals surface area contributed by atoms with Gasteiger partial charge in [0.2, 0.25) is 0 Å². The predicted molar refractivity (Wildman–Crippen MR) is 79.4 cm³/mol. The van der Waals surface area contributed by atoms with Crippen LogP contribution >= 0.6 is 0 Å². The molecule has 0 bridgehead atoms. The average molecular weight is 306 g/mol. The fraction of sp³-hybridized carbons (Fsp3) is 0.375. The van der Waals surface area contributed by atoms with E-state index in [4.69, 9.17) is 4.74 Å². The monoisotopic (exact) mass is 306 g/mol. The Hall–Kier alpha value is -2.37. The molecule has 2 N–H and O–H groups in total. The zero-order valence-electron chi connectivity index (χ0n) is 12.6. The summed E-state index contributed by atoms with van der Waals surface area (Å²) in [6.07, 6.45) is 1.33. The summed E-state index contributed by atoms with van der Waals surface area (Å²) in [5.41, 5.74) is 1.56. The first-order valence-corrected chi connectivity index (χ1v) is 7.30. The Morgan fingerprint density at radius 2 is 1.95 bits per heavy atom. The molecular weight excluding hydrogens is 287 g/mol. The van der Waals surface area contributed by atoms with Gasteiger partial charge < -0.3 is 15.4 Å². The number of urea groups is 1. The van der Waals surface area contributed by atoms with Crippen LogP contribution in [0.3, 0.4) is 0 Å². The number of esters is 1. The molecule has 1 unspecified atom stereocenters. The molecular formula is C16H19FN2O3. The lowest BCUT2D eigenvalue weighted by Crippen LogP contribution is -2.46. The largest absolute Gasteiger partial charge is 0.463 e. The summed E-state index contributed by atoms with van der Waals surface area (Å²) in [7, 11) is 0. The van der Waals surface area contributed by atoms with E-state index < -0.39 is 12.0 Å². The third-order valence-corrected chi connectivity index (χ3v) is 3.35. The molecule has 1 aromatic carbocycles. The molecule has 1 aliphatic rings. The fourth-order valence-corrected chi connectivity index (χ4v) is 2.42. The van der Waals surface area contributed by atoms with Crippen molar-refractivity contribution in [3.05, 3.63) is 46.9 Å². The number of halogens is 1. The van der Waals surface area contributed by atoms with Crippen LogP contribution in [0.2, 0.25) is 0 Å². The highest BCUT2D eigenvalue weighted by Gasteiger charge is 2.33. The van der Waals surface area contributed by atoms with E-state index in [0.29, 0.717) is 23.3 Å². The fourth-order valence-electron chi connectivity index (χ4n) is 2.42. The summed E-state index contributed by atoms with van der Waals surface area (Å²) in [5.74, 6) is -0.854. The standard InChI is InChI=1S/C16H19FN2O3/c1-3-5-12-13(15(20)22-4-2)14(19-16(21)18-12)10-6-8-11(17)9-7-10/h6-9,14H,3-5H2,1-2H3,(H2,18,19,21). The number of hydrogen-bond donors (Lipinski definition) is 2. The second-order valence-electron chi connectivity index (χ2n) is 4.95. The Bertz CT molecular complexity index is 596. The molecule has 22 heavy (non-hydrogen) atoms. The van der Waals surface area contributed by atoms with E-state index in [2.05, 4.69) is 10.6 Å². The van der Waals surface area contributed by atoms with Crippen LogP contribution in [0.4, 0.5) is 9.18 Å². The van der Waals surface area contributed by atoms with Crippen molar-refractivity contribution in [2.45, 2.75) is 32.7 Å². The van der Waals surface area contributed by atoms with Crippen molar-refractivity contribution in [2.75, 3.05) is 6.61 Å². The maximum absolute atomic E-state index is 13.1. The first kappa shape index (κ1) is 16.0. The Morgan fingerprint density at radius 1 is 1.27 bits per heavy atom. The Labute approximate surface area is 128 Å². The zero-order valence-corrected chi connectivity index (χ0v) is 12.6. The van der Waals surface area contributed by atoms with Gasteiger partial charge in [0.05, 0.1) is 18.2 Å². The van der Waals surface area contributed by atoms with Crippen molar-refractivity contribution < 1.29 is 18.7 Å². The zero-order chi connectivity index (χ0) is 16.1. The molecule has 0 saturated carbocycles. The number of carbonyl (C=O) groups excluding carboxylic acids is 2. The van der Waals surface area contributed by atoms with E-state index in [9.17, 15) is 14.0 Å². The average Bonchev–Trinajstić information content (AvgIpc) is 2.48. The number of amides is 2. The minimum Gasteiger partial charge on any atom is -0.463 e. The first-order valence-electron chi connectivity index (χ1n) is 7.30. The minimum atomic E-state index is -0.644. The van der Waals surface area contributed by atoms with Crippen molar-refractivity contribution in [2.24, 2.45) is 0 Å². The lowest BCUT2D eigenvalue weighted by molar-refractivity contribution is -0.139. The highest BCUT2D eigenvalue weighted by atomic mass is 19.1. The number of carbonyl (C=O) groups is 2. The molecule has 0 aliphatic carbocycles. The van der Waals surface area contributed by atoms with Crippen LogP contribution in [0.15, 0.2) is 35.5 Å². The Kier molecular flexibility index (Phi) is 5.14. The Balaban J connectivity index is 2.47. The summed E-state index contributed by atoms with van der Waals surface area (Å²) >= 11 is 0. The molecule has 1 heterocycles. The molecule has 1 aromatic rings. The van der Waals surface area contributed by atoms with Gasteiger partial charge in [-0.1, -0.05) is 25.5 Å². The number of rotatable bonds is 5. The van der Waals surface area contributed by atoms with E-state index in [1.54, 1.807) is 19.1 Å². The van der Waals surface area contributed by atoms with Crippen molar-refractivity contribution in [3.63, 3.8) is 0 Å². The number of hydrogen-bond acceptors (Lipinski definition) is 3. The molecule has 0 fully saturated rings. The van der Waals surface area contributed by atoms with E-state index in [1.165, 1.54) is 12.1 Å². The second-order valence-corrected chi connectivity index (χ2v) is 4.95. The van der Waals surface area contributed by atoms with Crippen LogP contribution in [0.5, 0.6) is 0 Å². The second kappa shape index (κ2) is 7.06. The molecule has 1 aliphatic heterocycles. The van der Waals surface area contributed by atoms with Gasteiger partial charge in [0.15, 0.2) is 0 Å². The van der Waals surface area contributed by atoms with E-state index in [0.717, 1.165) is 6.42 Å². The van der Waals surface area contributed by atoms with Gasteiger partial charge in [0, 0.05) is 5.70 Å². The molecule has 118 valence electrons.